The number of hydrogen-bond donors (Lipinski definition) is 2. The van der Waals surface area contributed by atoms with E-state index in [9.17, 15) is 9.32 Å². The van der Waals surface area contributed by atoms with Crippen LogP contribution in [0, 0.1) is 0 Å². The minimum Gasteiger partial charge on any atom is -0.394 e. The summed E-state index contributed by atoms with van der Waals surface area (Å²) in [5, 5.41) is 14.2. The number of nitrogens with one attached hydrogen (secondary N) is 1. The molecule has 164 valence electrons. The Labute approximate surface area is 190 Å². The molecule has 1 aromatic carbocycles. The van der Waals surface area contributed by atoms with E-state index >= 15 is 0 Å². The highest BCUT2D eigenvalue weighted by Gasteiger charge is 2.38. The van der Waals surface area contributed by atoms with Crippen molar-refractivity contribution >= 4 is 39.7 Å². The zero-order valence-electron chi connectivity index (χ0n) is 17.4. The van der Waals surface area contributed by atoms with Gasteiger partial charge in [-0.05, 0) is 61.8 Å². The highest BCUT2D eigenvalue weighted by Crippen LogP contribution is 2.38. The molecular weight excluding hydrogens is 432 g/mol. The molecule has 8 heteroatoms. The van der Waals surface area contributed by atoms with Gasteiger partial charge in [-0.3, -0.25) is 4.21 Å². The van der Waals surface area contributed by atoms with E-state index in [0.717, 1.165) is 66.2 Å². The molecule has 0 radical (unpaired) electrons. The fourth-order valence-corrected chi connectivity index (χ4v) is 6.02. The molecule has 1 unspecified atom stereocenters. The van der Waals surface area contributed by atoms with Crippen LogP contribution in [0.4, 0.5) is 11.8 Å². The lowest BCUT2D eigenvalue weighted by atomic mass is 9.77. The van der Waals surface area contributed by atoms with Gasteiger partial charge in [0.2, 0.25) is 5.95 Å². The summed E-state index contributed by atoms with van der Waals surface area (Å²) in [5.74, 6) is 1.95. The highest BCUT2D eigenvalue weighted by atomic mass is 35.5. The van der Waals surface area contributed by atoms with Crippen molar-refractivity contribution in [2.24, 2.45) is 0 Å². The molecule has 0 amide bonds. The second kappa shape index (κ2) is 8.52. The quantitative estimate of drug-likeness (QED) is 0.709. The van der Waals surface area contributed by atoms with Gasteiger partial charge < -0.3 is 15.3 Å². The van der Waals surface area contributed by atoms with Crippen LogP contribution in [0.3, 0.4) is 0 Å². The first-order valence-electron chi connectivity index (χ1n) is 11.0. The zero-order valence-corrected chi connectivity index (χ0v) is 19.0. The van der Waals surface area contributed by atoms with Crippen molar-refractivity contribution in [2.75, 3.05) is 35.7 Å². The summed E-state index contributed by atoms with van der Waals surface area (Å²) in [4.78, 5) is 12.6. The first-order valence-corrected chi connectivity index (χ1v) is 12.6. The Balaban J connectivity index is 1.47. The minimum absolute atomic E-state index is 0.0553. The average Bonchev–Trinajstić information content (AvgIpc) is 3.16. The summed E-state index contributed by atoms with van der Waals surface area (Å²) >= 11 is 6.03. The van der Waals surface area contributed by atoms with Crippen molar-refractivity contribution in [3.05, 3.63) is 46.6 Å². The zero-order chi connectivity index (χ0) is 21.4. The summed E-state index contributed by atoms with van der Waals surface area (Å²) < 4.78 is 13.0. The third kappa shape index (κ3) is 4.11. The largest absolute Gasteiger partial charge is 0.394 e. The number of halogens is 1. The molecule has 2 aromatic rings. The maximum absolute atomic E-state index is 13.0. The SMILES string of the molecule is O=S1CCCCc2nc(N3CC=C(c4ccc(Cl)cc4)C3)nc(NC3(CO)CCC3)c21. The van der Waals surface area contributed by atoms with E-state index in [-0.39, 0.29) is 12.1 Å². The lowest BCUT2D eigenvalue weighted by Crippen LogP contribution is -2.49. The molecule has 3 aliphatic rings. The summed E-state index contributed by atoms with van der Waals surface area (Å²) in [5.41, 5.74) is 2.90. The van der Waals surface area contributed by atoms with Gasteiger partial charge in [0.1, 0.15) is 10.7 Å². The van der Waals surface area contributed by atoms with E-state index in [1.165, 1.54) is 5.57 Å². The molecule has 5 rings (SSSR count). The predicted octanol–water partition coefficient (Wildman–Crippen LogP) is 3.80. The normalized spacial score (nSPS) is 22.3. The van der Waals surface area contributed by atoms with Crippen LogP contribution in [0.1, 0.15) is 43.4 Å². The van der Waals surface area contributed by atoms with Crippen LogP contribution in [0.2, 0.25) is 5.02 Å². The second-order valence-electron chi connectivity index (χ2n) is 8.69. The first-order chi connectivity index (χ1) is 15.1. The molecule has 1 aromatic heterocycles. The topological polar surface area (TPSA) is 78.4 Å². The van der Waals surface area contributed by atoms with E-state index < -0.39 is 10.8 Å². The fraction of sp³-hybridized carbons (Fsp3) is 0.478. The monoisotopic (exact) mass is 458 g/mol. The van der Waals surface area contributed by atoms with E-state index in [4.69, 9.17) is 21.6 Å². The fourth-order valence-electron chi connectivity index (χ4n) is 4.50. The number of anilines is 2. The third-order valence-corrected chi connectivity index (χ3v) is 8.35. The average molecular weight is 459 g/mol. The lowest BCUT2D eigenvalue weighted by Gasteiger charge is -2.41. The number of aliphatic hydroxyl groups is 1. The molecule has 0 spiro atoms. The minimum atomic E-state index is -1.12. The molecule has 2 N–H and O–H groups in total. The standard InChI is InChI=1S/C23H27ClN4O2S/c24-18-7-5-16(6-8-18)17-9-12-28(14-17)22-25-19-4-1-2-13-31(30)20(19)21(26-22)27-23(15-29)10-3-11-23/h5-9,29H,1-4,10-15H2,(H,25,26,27). The maximum atomic E-state index is 13.0. The molecule has 1 atom stereocenters. The molecule has 3 heterocycles. The van der Waals surface area contributed by atoms with Crippen LogP contribution in [-0.4, -0.2) is 50.3 Å². The molecule has 1 saturated carbocycles. The van der Waals surface area contributed by atoms with Crippen LogP contribution in [0.15, 0.2) is 35.2 Å². The number of aliphatic hydroxyl groups excluding tert-OH is 1. The Morgan fingerprint density at radius 1 is 1.16 bits per heavy atom. The number of nitrogens with zero attached hydrogens (tertiary/aromatic N) is 3. The Morgan fingerprint density at radius 3 is 2.68 bits per heavy atom. The number of hydrogen-bond acceptors (Lipinski definition) is 6. The summed E-state index contributed by atoms with van der Waals surface area (Å²) in [6.45, 7) is 1.50. The van der Waals surface area contributed by atoms with Crippen molar-refractivity contribution in [3.8, 4) is 0 Å². The molecule has 0 saturated heterocycles. The van der Waals surface area contributed by atoms with Gasteiger partial charge in [-0.15, -0.1) is 0 Å². The molecule has 0 bridgehead atoms. The Bertz CT molecular complexity index is 1030. The van der Waals surface area contributed by atoms with E-state index in [1.807, 2.05) is 24.3 Å². The second-order valence-corrected chi connectivity index (χ2v) is 10.6. The molecule has 6 nitrogen and oxygen atoms in total. The number of rotatable bonds is 5. The lowest BCUT2D eigenvalue weighted by molar-refractivity contribution is 0.143. The summed E-state index contributed by atoms with van der Waals surface area (Å²) in [7, 11) is -1.12. The third-order valence-electron chi connectivity index (χ3n) is 6.56. The predicted molar refractivity (Wildman–Crippen MR) is 125 cm³/mol. The van der Waals surface area contributed by atoms with Crippen LogP contribution >= 0.6 is 11.6 Å². The first kappa shape index (κ1) is 20.9. The van der Waals surface area contributed by atoms with Crippen LogP contribution in [0.25, 0.3) is 5.57 Å². The maximum Gasteiger partial charge on any atom is 0.228 e. The van der Waals surface area contributed by atoms with Gasteiger partial charge in [0, 0.05) is 23.9 Å². The number of aryl methyl sites for hydroxylation is 1. The molecule has 2 aliphatic heterocycles. The number of benzene rings is 1. The van der Waals surface area contributed by atoms with Gasteiger partial charge >= 0.3 is 0 Å². The van der Waals surface area contributed by atoms with E-state index in [2.05, 4.69) is 16.3 Å². The van der Waals surface area contributed by atoms with E-state index in [0.29, 0.717) is 24.1 Å². The van der Waals surface area contributed by atoms with Gasteiger partial charge in [-0.1, -0.05) is 29.8 Å². The molecule has 1 fully saturated rings. The summed E-state index contributed by atoms with van der Waals surface area (Å²) in [6, 6.07) is 7.88. The summed E-state index contributed by atoms with van der Waals surface area (Å²) in [6.07, 6.45) is 7.79. The van der Waals surface area contributed by atoms with Gasteiger partial charge in [-0.2, -0.15) is 4.98 Å². The number of aromatic nitrogens is 2. The smallest absolute Gasteiger partial charge is 0.228 e. The van der Waals surface area contributed by atoms with Crippen molar-refractivity contribution in [1.82, 2.24) is 9.97 Å². The molecular formula is C23H27ClN4O2S. The Kier molecular flexibility index (Phi) is 5.75. The van der Waals surface area contributed by atoms with E-state index in [1.54, 1.807) is 0 Å². The van der Waals surface area contributed by atoms with Crippen molar-refractivity contribution in [1.29, 1.82) is 0 Å². The highest BCUT2D eigenvalue weighted by molar-refractivity contribution is 7.85. The van der Waals surface area contributed by atoms with Crippen LogP contribution < -0.4 is 10.2 Å². The van der Waals surface area contributed by atoms with Gasteiger partial charge in [0.25, 0.3) is 0 Å². The van der Waals surface area contributed by atoms with Gasteiger partial charge in [-0.25, -0.2) is 4.98 Å². The van der Waals surface area contributed by atoms with Crippen LogP contribution in [-0.2, 0) is 17.2 Å². The van der Waals surface area contributed by atoms with Crippen molar-refractivity contribution < 1.29 is 9.32 Å². The van der Waals surface area contributed by atoms with Crippen LogP contribution in [0.5, 0.6) is 0 Å². The van der Waals surface area contributed by atoms with Gasteiger partial charge in [0.05, 0.1) is 28.6 Å². The Morgan fingerprint density at radius 2 is 1.97 bits per heavy atom. The Hall–Kier alpha value is -1.96. The molecule has 31 heavy (non-hydrogen) atoms. The van der Waals surface area contributed by atoms with Crippen molar-refractivity contribution in [3.63, 3.8) is 0 Å². The van der Waals surface area contributed by atoms with Gasteiger partial charge in [0.15, 0.2) is 0 Å². The molecule has 1 aliphatic carbocycles. The number of fused-ring (bicyclic) bond motifs is 1. The van der Waals surface area contributed by atoms with Crippen molar-refractivity contribution in [2.45, 2.75) is 49.0 Å².